The van der Waals surface area contributed by atoms with E-state index < -0.39 is 0 Å². The van der Waals surface area contributed by atoms with Gasteiger partial charge in [0.15, 0.2) is 11.4 Å². The van der Waals surface area contributed by atoms with E-state index in [9.17, 15) is 9.59 Å². The molecule has 0 unspecified atom stereocenters. The van der Waals surface area contributed by atoms with Gasteiger partial charge < -0.3 is 4.90 Å². The fourth-order valence-electron chi connectivity index (χ4n) is 3.27. The highest BCUT2D eigenvalue weighted by Crippen LogP contribution is 2.22. The molecule has 1 fully saturated rings. The lowest BCUT2D eigenvalue weighted by Crippen LogP contribution is -2.42. The van der Waals surface area contributed by atoms with E-state index in [1.54, 1.807) is 23.2 Å². The zero-order valence-corrected chi connectivity index (χ0v) is 13.6. The molecule has 1 aliphatic rings. The fraction of sp³-hybridized carbons (Fsp3) is 0.278. The molecule has 0 saturated carbocycles. The number of carbonyl (C=O) groups is 2. The number of carbonyl (C=O) groups excluding carboxylic acids is 2. The van der Waals surface area contributed by atoms with Crippen LogP contribution in [0.15, 0.2) is 48.7 Å². The van der Waals surface area contributed by atoms with Gasteiger partial charge in [0.05, 0.1) is 0 Å². The normalized spacial score (nSPS) is 17.6. The lowest BCUT2D eigenvalue weighted by Gasteiger charge is -2.32. The van der Waals surface area contributed by atoms with Crippen LogP contribution in [0.2, 0.25) is 0 Å². The third-order valence-electron chi connectivity index (χ3n) is 4.58. The molecule has 1 amide bonds. The molecule has 0 bridgehead atoms. The van der Waals surface area contributed by atoms with Crippen molar-refractivity contribution in [1.82, 2.24) is 24.9 Å². The topological polar surface area (TPSA) is 80.5 Å². The van der Waals surface area contributed by atoms with Crippen molar-refractivity contribution in [1.29, 1.82) is 0 Å². The first kappa shape index (κ1) is 15.4. The summed E-state index contributed by atoms with van der Waals surface area (Å²) in [6, 6.07) is 12.6. The largest absolute Gasteiger partial charge is 0.338 e. The summed E-state index contributed by atoms with van der Waals surface area (Å²) in [5, 5.41) is 11.2. The maximum Gasteiger partial charge on any atom is 0.254 e. The Hall–Kier alpha value is -3.09. The predicted octanol–water partition coefficient (Wildman–Crippen LogP) is 1.86. The van der Waals surface area contributed by atoms with Gasteiger partial charge in [0.25, 0.3) is 5.91 Å². The van der Waals surface area contributed by atoms with Gasteiger partial charge in [-0.1, -0.05) is 30.3 Å². The van der Waals surface area contributed by atoms with Crippen molar-refractivity contribution in [2.45, 2.75) is 12.8 Å². The summed E-state index contributed by atoms with van der Waals surface area (Å²) in [7, 11) is 0. The van der Waals surface area contributed by atoms with Gasteiger partial charge >= 0.3 is 0 Å². The Morgan fingerprint density at radius 2 is 1.92 bits per heavy atom. The van der Waals surface area contributed by atoms with Crippen LogP contribution >= 0.6 is 0 Å². The lowest BCUT2D eigenvalue weighted by atomic mass is 9.90. The Morgan fingerprint density at radius 3 is 2.76 bits per heavy atom. The van der Waals surface area contributed by atoms with Gasteiger partial charge in [-0.05, 0) is 35.4 Å². The summed E-state index contributed by atoms with van der Waals surface area (Å²) in [5.41, 5.74) is 1.77. The highest BCUT2D eigenvalue weighted by Gasteiger charge is 2.29. The standard InChI is InChI=1S/C18H17N5O2/c24-17(13-5-2-1-3-6-13)15-7-4-9-22(12-15)18(25)14-8-10-23-16(11-14)19-20-21-23/h1-3,5-6,8,10-11,15H,4,7,9,12H2/t15-/m1/s1. The Labute approximate surface area is 144 Å². The third-order valence-corrected chi connectivity index (χ3v) is 4.58. The van der Waals surface area contributed by atoms with E-state index in [-0.39, 0.29) is 17.6 Å². The molecule has 0 aliphatic carbocycles. The van der Waals surface area contributed by atoms with E-state index in [4.69, 9.17) is 0 Å². The SMILES string of the molecule is O=C(c1ccccc1)[C@@H]1CCCN(C(=O)c2ccn3nnnc3c2)C1. The molecule has 7 nitrogen and oxygen atoms in total. The maximum absolute atomic E-state index is 12.8. The van der Waals surface area contributed by atoms with Crippen molar-refractivity contribution in [3.63, 3.8) is 0 Å². The fourth-order valence-corrected chi connectivity index (χ4v) is 3.27. The first-order valence-corrected chi connectivity index (χ1v) is 8.28. The number of rotatable bonds is 3. The minimum atomic E-state index is -0.154. The van der Waals surface area contributed by atoms with Gasteiger partial charge in [-0.25, -0.2) is 4.52 Å². The molecule has 25 heavy (non-hydrogen) atoms. The van der Waals surface area contributed by atoms with E-state index in [1.807, 2.05) is 30.3 Å². The molecule has 1 saturated heterocycles. The molecule has 2 aromatic heterocycles. The molecule has 0 spiro atoms. The van der Waals surface area contributed by atoms with Gasteiger partial charge in [-0.2, -0.15) is 0 Å². The van der Waals surface area contributed by atoms with Crippen molar-refractivity contribution in [3.05, 3.63) is 59.8 Å². The van der Waals surface area contributed by atoms with Gasteiger partial charge in [-0.3, -0.25) is 9.59 Å². The predicted molar refractivity (Wildman–Crippen MR) is 90.2 cm³/mol. The van der Waals surface area contributed by atoms with Crippen LogP contribution in [0.3, 0.4) is 0 Å². The van der Waals surface area contributed by atoms with E-state index >= 15 is 0 Å². The third kappa shape index (κ3) is 3.00. The smallest absolute Gasteiger partial charge is 0.254 e. The lowest BCUT2D eigenvalue weighted by molar-refractivity contribution is 0.0637. The number of hydrogen-bond acceptors (Lipinski definition) is 5. The summed E-state index contributed by atoms with van der Waals surface area (Å²) in [4.78, 5) is 27.2. The molecule has 1 atom stereocenters. The molecule has 4 rings (SSSR count). The minimum Gasteiger partial charge on any atom is -0.338 e. The zero-order valence-electron chi connectivity index (χ0n) is 13.6. The number of Topliss-reactive ketones (excluding diaryl/α,β-unsaturated/α-hetero) is 1. The van der Waals surface area contributed by atoms with Crippen LogP contribution in [-0.4, -0.2) is 49.7 Å². The zero-order chi connectivity index (χ0) is 17.2. The first-order valence-electron chi connectivity index (χ1n) is 8.28. The summed E-state index contributed by atoms with van der Waals surface area (Å²) < 4.78 is 1.51. The monoisotopic (exact) mass is 335 g/mol. The van der Waals surface area contributed by atoms with Gasteiger partial charge in [-0.15, -0.1) is 5.10 Å². The molecule has 3 aromatic rings. The number of fused-ring (bicyclic) bond motifs is 1. The van der Waals surface area contributed by atoms with E-state index in [0.29, 0.717) is 29.9 Å². The number of amides is 1. The number of nitrogens with zero attached hydrogens (tertiary/aromatic N) is 5. The highest BCUT2D eigenvalue weighted by molar-refractivity contribution is 5.99. The summed E-state index contributed by atoms with van der Waals surface area (Å²) >= 11 is 0. The Balaban J connectivity index is 1.52. The first-order chi connectivity index (χ1) is 12.2. The molecular formula is C18H17N5O2. The summed E-state index contributed by atoms with van der Waals surface area (Å²) in [6.45, 7) is 1.11. The number of pyridine rings is 1. The number of aromatic nitrogens is 4. The molecule has 126 valence electrons. The minimum absolute atomic E-state index is 0.0870. The van der Waals surface area contributed by atoms with Crippen LogP contribution in [-0.2, 0) is 0 Å². The summed E-state index contributed by atoms with van der Waals surface area (Å²) in [5.74, 6) is -0.134. The second-order valence-corrected chi connectivity index (χ2v) is 6.22. The molecule has 1 aromatic carbocycles. The average molecular weight is 335 g/mol. The van der Waals surface area contributed by atoms with Gasteiger partial charge in [0.1, 0.15) is 0 Å². The number of piperidine rings is 1. The number of tetrazole rings is 1. The molecule has 7 heteroatoms. The van der Waals surface area contributed by atoms with E-state index in [0.717, 1.165) is 12.8 Å². The van der Waals surface area contributed by atoms with E-state index in [1.165, 1.54) is 4.52 Å². The van der Waals surface area contributed by atoms with Crippen molar-refractivity contribution in [2.24, 2.45) is 5.92 Å². The second-order valence-electron chi connectivity index (χ2n) is 6.22. The van der Waals surface area contributed by atoms with Crippen molar-refractivity contribution >= 4 is 17.3 Å². The van der Waals surface area contributed by atoms with Crippen molar-refractivity contribution in [3.8, 4) is 0 Å². The molecule has 0 N–H and O–H groups in total. The molecular weight excluding hydrogens is 318 g/mol. The average Bonchev–Trinajstić information content (AvgIpc) is 3.15. The van der Waals surface area contributed by atoms with Crippen LogP contribution in [0.25, 0.3) is 5.65 Å². The molecule has 3 heterocycles. The Kier molecular flexibility index (Phi) is 3.97. The van der Waals surface area contributed by atoms with Crippen molar-refractivity contribution < 1.29 is 9.59 Å². The number of hydrogen-bond donors (Lipinski definition) is 0. The second kappa shape index (κ2) is 6.43. The van der Waals surface area contributed by atoms with Gasteiger partial charge in [0, 0.05) is 36.3 Å². The summed E-state index contributed by atoms with van der Waals surface area (Å²) in [6.07, 6.45) is 3.30. The van der Waals surface area contributed by atoms with Crippen LogP contribution in [0.4, 0.5) is 0 Å². The van der Waals surface area contributed by atoms with Crippen molar-refractivity contribution in [2.75, 3.05) is 13.1 Å². The maximum atomic E-state index is 12.8. The quantitative estimate of drug-likeness (QED) is 0.683. The Morgan fingerprint density at radius 1 is 1.08 bits per heavy atom. The molecule has 0 radical (unpaired) electrons. The van der Waals surface area contributed by atoms with Crippen LogP contribution in [0.1, 0.15) is 33.6 Å². The van der Waals surface area contributed by atoms with E-state index in [2.05, 4.69) is 15.5 Å². The number of likely N-dealkylation sites (tertiary alicyclic amines) is 1. The van der Waals surface area contributed by atoms with Crippen LogP contribution in [0.5, 0.6) is 0 Å². The van der Waals surface area contributed by atoms with Crippen LogP contribution < -0.4 is 0 Å². The Bertz CT molecular complexity index is 921. The number of benzene rings is 1. The van der Waals surface area contributed by atoms with Crippen LogP contribution in [0, 0.1) is 5.92 Å². The molecule has 1 aliphatic heterocycles. The highest BCUT2D eigenvalue weighted by atomic mass is 16.2. The van der Waals surface area contributed by atoms with Gasteiger partial charge in [0.2, 0.25) is 0 Å². The number of ketones is 1.